The maximum Gasteiger partial charge on any atom is 0.211 e. The number of rotatable bonds is 2. The van der Waals surface area contributed by atoms with Gasteiger partial charge in [-0.15, -0.1) is 0 Å². The molecule has 90 valence electrons. The molecular weight excluding hydrogens is 218 g/mol. The molecule has 0 saturated carbocycles. The molecular formula is C9H19NO4S. The van der Waals surface area contributed by atoms with E-state index in [1.807, 2.05) is 20.8 Å². The Kier molecular flexibility index (Phi) is 3.76. The van der Waals surface area contributed by atoms with Crippen LogP contribution >= 0.6 is 0 Å². The molecule has 2 N–H and O–H groups in total. The van der Waals surface area contributed by atoms with Gasteiger partial charge in [0.1, 0.15) is 0 Å². The molecule has 0 aromatic carbocycles. The monoisotopic (exact) mass is 237 g/mol. The normalized spacial score (nSPS) is 29.1. The van der Waals surface area contributed by atoms with Crippen LogP contribution in [0.2, 0.25) is 0 Å². The highest BCUT2D eigenvalue weighted by atomic mass is 32.2. The van der Waals surface area contributed by atoms with E-state index in [0.29, 0.717) is 13.2 Å². The van der Waals surface area contributed by atoms with Crippen LogP contribution in [0.4, 0.5) is 0 Å². The number of sulfonamides is 1. The average Bonchev–Trinajstić information content (AvgIpc) is 1.99. The minimum absolute atomic E-state index is 0.0585. The fraction of sp³-hybridized carbons (Fsp3) is 1.00. The summed E-state index contributed by atoms with van der Waals surface area (Å²) in [6, 6.07) is 0. The van der Waals surface area contributed by atoms with E-state index >= 15 is 0 Å². The third-order valence-electron chi connectivity index (χ3n) is 2.31. The van der Waals surface area contributed by atoms with Gasteiger partial charge < -0.3 is 9.47 Å². The van der Waals surface area contributed by atoms with E-state index in [0.717, 1.165) is 0 Å². The molecule has 0 radical (unpaired) electrons. The van der Waals surface area contributed by atoms with Crippen LogP contribution in [-0.4, -0.2) is 39.6 Å². The van der Waals surface area contributed by atoms with Crippen LogP contribution in [0.3, 0.4) is 0 Å². The van der Waals surface area contributed by atoms with E-state index in [2.05, 4.69) is 0 Å². The second-order valence-electron chi connectivity index (χ2n) is 4.98. The van der Waals surface area contributed by atoms with Gasteiger partial charge >= 0.3 is 0 Å². The fourth-order valence-corrected chi connectivity index (χ4v) is 2.11. The summed E-state index contributed by atoms with van der Waals surface area (Å²) in [6.45, 7) is 6.88. The molecule has 0 spiro atoms. The second-order valence-corrected chi connectivity index (χ2v) is 6.64. The SMILES string of the molecule is CC(C)(C)C1COCC(CS(N)(=O)=O)O1. The quantitative estimate of drug-likeness (QED) is 0.739. The number of nitrogens with two attached hydrogens (primary N) is 1. The second kappa shape index (κ2) is 4.37. The molecule has 6 heteroatoms. The Labute approximate surface area is 91.0 Å². The predicted molar refractivity (Wildman–Crippen MR) is 56.9 cm³/mol. The van der Waals surface area contributed by atoms with Crippen molar-refractivity contribution in [3.05, 3.63) is 0 Å². The molecule has 1 heterocycles. The maximum absolute atomic E-state index is 10.9. The smallest absolute Gasteiger partial charge is 0.211 e. The van der Waals surface area contributed by atoms with Crippen molar-refractivity contribution in [3.8, 4) is 0 Å². The lowest BCUT2D eigenvalue weighted by molar-refractivity contribution is -0.163. The van der Waals surface area contributed by atoms with E-state index in [-0.39, 0.29) is 17.3 Å². The van der Waals surface area contributed by atoms with Gasteiger partial charge in [0.15, 0.2) is 0 Å². The van der Waals surface area contributed by atoms with Crippen molar-refractivity contribution in [1.82, 2.24) is 0 Å². The molecule has 0 aromatic rings. The van der Waals surface area contributed by atoms with Gasteiger partial charge in [-0.1, -0.05) is 20.8 Å². The van der Waals surface area contributed by atoms with Crippen molar-refractivity contribution in [2.24, 2.45) is 10.6 Å². The summed E-state index contributed by atoms with van der Waals surface area (Å²) in [4.78, 5) is 0. The largest absolute Gasteiger partial charge is 0.376 e. The van der Waals surface area contributed by atoms with E-state index < -0.39 is 16.1 Å². The zero-order valence-corrected chi connectivity index (χ0v) is 10.2. The lowest BCUT2D eigenvalue weighted by atomic mass is 9.89. The van der Waals surface area contributed by atoms with Crippen molar-refractivity contribution < 1.29 is 17.9 Å². The Balaban J connectivity index is 2.57. The highest BCUT2D eigenvalue weighted by Crippen LogP contribution is 2.26. The molecule has 2 atom stereocenters. The van der Waals surface area contributed by atoms with E-state index in [9.17, 15) is 8.42 Å². The van der Waals surface area contributed by atoms with Gasteiger partial charge in [0.05, 0.1) is 31.2 Å². The zero-order valence-electron chi connectivity index (χ0n) is 9.39. The molecule has 15 heavy (non-hydrogen) atoms. The van der Waals surface area contributed by atoms with Gasteiger partial charge in [-0.2, -0.15) is 0 Å². The molecule has 1 aliphatic rings. The van der Waals surface area contributed by atoms with Gasteiger partial charge in [0.2, 0.25) is 10.0 Å². The van der Waals surface area contributed by atoms with Crippen LogP contribution in [0.25, 0.3) is 0 Å². The van der Waals surface area contributed by atoms with Crippen LogP contribution in [0.5, 0.6) is 0 Å². The lowest BCUT2D eigenvalue weighted by Gasteiger charge is -2.37. The van der Waals surface area contributed by atoms with E-state index in [4.69, 9.17) is 14.6 Å². The van der Waals surface area contributed by atoms with Crippen molar-refractivity contribution in [3.63, 3.8) is 0 Å². The minimum atomic E-state index is -3.50. The lowest BCUT2D eigenvalue weighted by Crippen LogP contribution is -2.46. The molecule has 1 saturated heterocycles. The van der Waals surface area contributed by atoms with Crippen LogP contribution in [-0.2, 0) is 19.5 Å². The first-order valence-electron chi connectivity index (χ1n) is 4.92. The van der Waals surface area contributed by atoms with Crippen LogP contribution in [0.15, 0.2) is 0 Å². The first kappa shape index (κ1) is 12.9. The average molecular weight is 237 g/mol. The Morgan fingerprint density at radius 1 is 1.33 bits per heavy atom. The number of hydrogen-bond donors (Lipinski definition) is 1. The number of ether oxygens (including phenoxy) is 2. The van der Waals surface area contributed by atoms with Crippen molar-refractivity contribution in [2.75, 3.05) is 19.0 Å². The summed E-state index contributed by atoms with van der Waals surface area (Å²) >= 11 is 0. The van der Waals surface area contributed by atoms with Crippen LogP contribution in [0, 0.1) is 5.41 Å². The summed E-state index contributed by atoms with van der Waals surface area (Å²) in [6.07, 6.45) is -0.532. The van der Waals surface area contributed by atoms with E-state index in [1.165, 1.54) is 0 Å². The summed E-state index contributed by atoms with van der Waals surface area (Å²) in [5, 5.41) is 4.96. The first-order valence-corrected chi connectivity index (χ1v) is 6.64. The molecule has 0 amide bonds. The van der Waals surface area contributed by atoms with Gasteiger partial charge in [-0.05, 0) is 5.41 Å². The zero-order chi connectivity index (χ0) is 11.7. The molecule has 0 bridgehead atoms. The first-order chi connectivity index (χ1) is 6.68. The molecule has 5 nitrogen and oxygen atoms in total. The Morgan fingerprint density at radius 3 is 2.40 bits per heavy atom. The molecule has 1 aliphatic heterocycles. The maximum atomic E-state index is 10.9. The van der Waals surface area contributed by atoms with Crippen LogP contribution < -0.4 is 5.14 Å². The van der Waals surface area contributed by atoms with Crippen molar-refractivity contribution in [1.29, 1.82) is 0 Å². The van der Waals surface area contributed by atoms with Gasteiger partial charge in [0, 0.05) is 0 Å². The number of primary sulfonamides is 1. The Bertz CT molecular complexity index is 307. The highest BCUT2D eigenvalue weighted by Gasteiger charge is 2.33. The van der Waals surface area contributed by atoms with E-state index in [1.54, 1.807) is 0 Å². The molecule has 0 aromatic heterocycles. The van der Waals surface area contributed by atoms with Crippen LogP contribution in [0.1, 0.15) is 20.8 Å². The molecule has 0 aliphatic carbocycles. The fourth-order valence-electron chi connectivity index (χ4n) is 1.42. The molecule has 2 unspecified atom stereocenters. The Hall–Kier alpha value is -0.170. The van der Waals surface area contributed by atoms with Crippen molar-refractivity contribution >= 4 is 10.0 Å². The summed E-state index contributed by atoms with van der Waals surface area (Å²) in [7, 11) is -3.50. The molecule has 1 fully saturated rings. The van der Waals surface area contributed by atoms with Crippen molar-refractivity contribution in [2.45, 2.75) is 33.0 Å². The highest BCUT2D eigenvalue weighted by molar-refractivity contribution is 7.89. The number of hydrogen-bond acceptors (Lipinski definition) is 4. The molecule has 1 rings (SSSR count). The van der Waals surface area contributed by atoms with Gasteiger partial charge in [-0.3, -0.25) is 0 Å². The summed E-state index contributed by atoms with van der Waals surface area (Å²) < 4.78 is 32.8. The topological polar surface area (TPSA) is 78.6 Å². The third-order valence-corrected chi connectivity index (χ3v) is 3.15. The minimum Gasteiger partial charge on any atom is -0.376 e. The summed E-state index contributed by atoms with van der Waals surface area (Å²) in [5.41, 5.74) is -0.0585. The standard InChI is InChI=1S/C9H19NO4S/c1-9(2,3)8-5-13-4-7(14-8)6-15(10,11)12/h7-8H,4-6H2,1-3H3,(H2,10,11,12). The van der Waals surface area contributed by atoms with Gasteiger partial charge in [0.25, 0.3) is 0 Å². The summed E-state index contributed by atoms with van der Waals surface area (Å²) in [5.74, 6) is -0.181. The third kappa shape index (κ3) is 4.46. The predicted octanol–water partition coefficient (Wildman–Crippen LogP) is 0.105. The Morgan fingerprint density at radius 2 is 1.93 bits per heavy atom. The van der Waals surface area contributed by atoms with Gasteiger partial charge in [-0.25, -0.2) is 13.6 Å².